The van der Waals surface area contributed by atoms with Crippen molar-refractivity contribution >= 4 is 11.9 Å². The number of nitrogens with two attached hydrogens (primary N) is 1. The zero-order valence-corrected chi connectivity index (χ0v) is 9.77. The SMILES string of the molecule is CCC(Oc1cccc(C(=O)O)c1C)C(N)=O. The number of carbonyl (C=O) groups is 2. The molecule has 1 aromatic rings. The summed E-state index contributed by atoms with van der Waals surface area (Å²) in [5.74, 6) is -1.22. The molecule has 0 aliphatic heterocycles. The highest BCUT2D eigenvalue weighted by Crippen LogP contribution is 2.23. The molecule has 0 aliphatic rings. The molecule has 5 heteroatoms. The van der Waals surface area contributed by atoms with Gasteiger partial charge in [0.05, 0.1) is 5.56 Å². The molecule has 0 aromatic heterocycles. The van der Waals surface area contributed by atoms with Crippen molar-refractivity contribution in [1.82, 2.24) is 0 Å². The normalized spacial score (nSPS) is 11.9. The fraction of sp³-hybridized carbons (Fsp3) is 0.333. The summed E-state index contributed by atoms with van der Waals surface area (Å²) < 4.78 is 5.41. The number of carboxylic acid groups (broad SMARTS) is 1. The van der Waals surface area contributed by atoms with Crippen LogP contribution in [0.4, 0.5) is 0 Å². The molecule has 1 amide bonds. The molecule has 0 bridgehead atoms. The number of amides is 1. The molecule has 0 saturated carbocycles. The van der Waals surface area contributed by atoms with Gasteiger partial charge in [-0.15, -0.1) is 0 Å². The van der Waals surface area contributed by atoms with E-state index in [1.54, 1.807) is 26.0 Å². The topological polar surface area (TPSA) is 89.6 Å². The first-order valence-corrected chi connectivity index (χ1v) is 5.26. The highest BCUT2D eigenvalue weighted by molar-refractivity contribution is 5.90. The zero-order chi connectivity index (χ0) is 13.0. The predicted molar refractivity (Wildman–Crippen MR) is 62.0 cm³/mol. The average Bonchev–Trinajstić information content (AvgIpc) is 2.26. The fourth-order valence-corrected chi connectivity index (χ4v) is 1.47. The first-order valence-electron chi connectivity index (χ1n) is 5.26. The molecular formula is C12H15NO4. The number of aromatic carboxylic acids is 1. The second-order valence-corrected chi connectivity index (χ2v) is 3.65. The molecule has 5 nitrogen and oxygen atoms in total. The number of rotatable bonds is 5. The number of carbonyl (C=O) groups excluding carboxylic acids is 1. The maximum atomic E-state index is 11.0. The van der Waals surface area contributed by atoms with Gasteiger partial charge in [-0.1, -0.05) is 13.0 Å². The molecule has 1 aromatic carbocycles. The van der Waals surface area contributed by atoms with Crippen molar-refractivity contribution in [2.24, 2.45) is 5.73 Å². The Kier molecular flexibility index (Phi) is 4.09. The van der Waals surface area contributed by atoms with Gasteiger partial charge >= 0.3 is 5.97 Å². The summed E-state index contributed by atoms with van der Waals surface area (Å²) >= 11 is 0. The van der Waals surface area contributed by atoms with E-state index in [0.29, 0.717) is 17.7 Å². The molecule has 1 unspecified atom stereocenters. The maximum Gasteiger partial charge on any atom is 0.336 e. The van der Waals surface area contributed by atoms with Gasteiger partial charge in [0.1, 0.15) is 5.75 Å². The van der Waals surface area contributed by atoms with Gasteiger partial charge in [-0.3, -0.25) is 4.79 Å². The standard InChI is InChI=1S/C12H15NO4/c1-3-9(11(13)14)17-10-6-4-5-8(7(10)2)12(15)16/h4-6,9H,3H2,1-2H3,(H2,13,14)(H,15,16). The first kappa shape index (κ1) is 13.0. The summed E-state index contributed by atoms with van der Waals surface area (Å²) in [5.41, 5.74) is 5.80. The van der Waals surface area contributed by atoms with Crippen LogP contribution in [-0.2, 0) is 4.79 Å². The Labute approximate surface area is 99.2 Å². The lowest BCUT2D eigenvalue weighted by molar-refractivity contribution is -0.124. The fourth-order valence-electron chi connectivity index (χ4n) is 1.47. The number of primary amides is 1. The van der Waals surface area contributed by atoms with Gasteiger partial charge in [-0.05, 0) is 25.5 Å². The van der Waals surface area contributed by atoms with E-state index in [1.807, 2.05) is 0 Å². The van der Waals surface area contributed by atoms with E-state index in [4.69, 9.17) is 15.6 Å². The van der Waals surface area contributed by atoms with Crippen molar-refractivity contribution < 1.29 is 19.4 Å². The Hall–Kier alpha value is -2.04. The lowest BCUT2D eigenvalue weighted by Crippen LogP contribution is -2.33. The van der Waals surface area contributed by atoms with Crippen molar-refractivity contribution in [2.45, 2.75) is 26.4 Å². The number of benzene rings is 1. The van der Waals surface area contributed by atoms with Crippen LogP contribution in [0.25, 0.3) is 0 Å². The van der Waals surface area contributed by atoms with E-state index in [0.717, 1.165) is 0 Å². The van der Waals surface area contributed by atoms with E-state index in [-0.39, 0.29) is 5.56 Å². The molecule has 17 heavy (non-hydrogen) atoms. The van der Waals surface area contributed by atoms with E-state index in [2.05, 4.69) is 0 Å². The summed E-state index contributed by atoms with van der Waals surface area (Å²) in [7, 11) is 0. The van der Waals surface area contributed by atoms with Gasteiger partial charge in [0.25, 0.3) is 5.91 Å². The van der Waals surface area contributed by atoms with Gasteiger partial charge in [-0.2, -0.15) is 0 Å². The second kappa shape index (κ2) is 5.34. The van der Waals surface area contributed by atoms with Crippen molar-refractivity contribution in [3.05, 3.63) is 29.3 Å². The third-order valence-electron chi connectivity index (χ3n) is 2.47. The highest BCUT2D eigenvalue weighted by atomic mass is 16.5. The zero-order valence-electron chi connectivity index (χ0n) is 9.77. The Morgan fingerprint density at radius 2 is 2.12 bits per heavy atom. The van der Waals surface area contributed by atoms with E-state index < -0.39 is 18.0 Å². The quantitative estimate of drug-likeness (QED) is 0.808. The van der Waals surface area contributed by atoms with Crippen LogP contribution in [0, 0.1) is 6.92 Å². The Morgan fingerprint density at radius 3 is 2.59 bits per heavy atom. The van der Waals surface area contributed by atoms with E-state index in [1.165, 1.54) is 6.07 Å². The maximum absolute atomic E-state index is 11.0. The van der Waals surface area contributed by atoms with Crippen LogP contribution in [0.15, 0.2) is 18.2 Å². The molecule has 0 radical (unpaired) electrons. The first-order chi connectivity index (χ1) is 7.97. The van der Waals surface area contributed by atoms with Crippen molar-refractivity contribution in [1.29, 1.82) is 0 Å². The molecule has 0 saturated heterocycles. The summed E-state index contributed by atoms with van der Waals surface area (Å²) in [6.45, 7) is 3.40. The number of hydrogen-bond donors (Lipinski definition) is 2. The molecule has 0 spiro atoms. The van der Waals surface area contributed by atoms with Crippen LogP contribution < -0.4 is 10.5 Å². The Morgan fingerprint density at radius 1 is 1.47 bits per heavy atom. The highest BCUT2D eigenvalue weighted by Gasteiger charge is 2.17. The van der Waals surface area contributed by atoms with Crippen LogP contribution in [0.1, 0.15) is 29.3 Å². The average molecular weight is 237 g/mol. The smallest absolute Gasteiger partial charge is 0.336 e. The molecule has 1 rings (SSSR count). The molecule has 0 aliphatic carbocycles. The summed E-state index contributed by atoms with van der Waals surface area (Å²) in [4.78, 5) is 22.0. The van der Waals surface area contributed by atoms with Gasteiger partial charge in [-0.25, -0.2) is 4.79 Å². The second-order valence-electron chi connectivity index (χ2n) is 3.65. The van der Waals surface area contributed by atoms with Crippen LogP contribution in [0.3, 0.4) is 0 Å². The lowest BCUT2D eigenvalue weighted by Gasteiger charge is -2.16. The Balaban J connectivity index is 3.03. The molecule has 1 atom stereocenters. The summed E-state index contributed by atoms with van der Waals surface area (Å²) in [6, 6.07) is 4.67. The van der Waals surface area contributed by atoms with Crippen molar-refractivity contribution in [2.75, 3.05) is 0 Å². The van der Waals surface area contributed by atoms with Crippen LogP contribution in [-0.4, -0.2) is 23.1 Å². The van der Waals surface area contributed by atoms with Gasteiger partial charge in [0, 0.05) is 5.56 Å². The van der Waals surface area contributed by atoms with Crippen LogP contribution >= 0.6 is 0 Å². The number of hydrogen-bond acceptors (Lipinski definition) is 3. The van der Waals surface area contributed by atoms with E-state index >= 15 is 0 Å². The lowest BCUT2D eigenvalue weighted by atomic mass is 10.1. The number of ether oxygens (including phenoxy) is 1. The monoisotopic (exact) mass is 237 g/mol. The minimum Gasteiger partial charge on any atom is -0.480 e. The molecule has 3 N–H and O–H groups in total. The van der Waals surface area contributed by atoms with Crippen LogP contribution in [0.5, 0.6) is 5.75 Å². The minimum atomic E-state index is -1.03. The molecule has 0 fully saturated rings. The summed E-state index contributed by atoms with van der Waals surface area (Å²) in [6.07, 6.45) is -0.302. The third kappa shape index (κ3) is 2.96. The summed E-state index contributed by atoms with van der Waals surface area (Å²) in [5, 5.41) is 8.94. The molecule has 0 heterocycles. The number of carboxylic acids is 1. The van der Waals surface area contributed by atoms with Crippen molar-refractivity contribution in [3.8, 4) is 5.75 Å². The van der Waals surface area contributed by atoms with Crippen LogP contribution in [0.2, 0.25) is 0 Å². The van der Waals surface area contributed by atoms with Gasteiger partial charge < -0.3 is 15.6 Å². The minimum absolute atomic E-state index is 0.154. The predicted octanol–water partition coefficient (Wildman–Crippen LogP) is 1.34. The van der Waals surface area contributed by atoms with Crippen molar-refractivity contribution in [3.63, 3.8) is 0 Å². The van der Waals surface area contributed by atoms with Gasteiger partial charge in [0.2, 0.25) is 0 Å². The molecule has 92 valence electrons. The van der Waals surface area contributed by atoms with Gasteiger partial charge in [0.15, 0.2) is 6.10 Å². The van der Waals surface area contributed by atoms with E-state index in [9.17, 15) is 9.59 Å². The largest absolute Gasteiger partial charge is 0.480 e. The molecular weight excluding hydrogens is 222 g/mol. The Bertz CT molecular complexity index is 442. The third-order valence-corrected chi connectivity index (χ3v) is 2.47.